The van der Waals surface area contributed by atoms with E-state index in [9.17, 15) is 0 Å². The average molecular weight is 370 g/mol. The first-order valence-electron chi connectivity index (χ1n) is 6.91. The molecule has 1 aromatic heterocycles. The number of rotatable bonds is 6. The number of anilines is 1. The van der Waals surface area contributed by atoms with E-state index >= 15 is 0 Å². The fourth-order valence-electron chi connectivity index (χ4n) is 2.01. The van der Waals surface area contributed by atoms with Crippen molar-refractivity contribution in [2.45, 2.75) is 6.92 Å². The van der Waals surface area contributed by atoms with Gasteiger partial charge in [0.1, 0.15) is 0 Å². The van der Waals surface area contributed by atoms with E-state index in [0.717, 1.165) is 5.56 Å². The molecule has 2 aromatic rings. The third-order valence-electron chi connectivity index (χ3n) is 3.27. The maximum atomic E-state index is 6.06. The van der Waals surface area contributed by atoms with Crippen molar-refractivity contribution in [3.8, 4) is 17.2 Å². The Labute approximate surface area is 150 Å². The number of pyridine rings is 1. The summed E-state index contributed by atoms with van der Waals surface area (Å²) in [5.74, 6) is 1.60. The van der Waals surface area contributed by atoms with Gasteiger partial charge < -0.3 is 14.2 Å². The molecule has 0 bridgehead atoms. The second-order valence-electron chi connectivity index (χ2n) is 4.70. The Balaban J connectivity index is 2.37. The van der Waals surface area contributed by atoms with Gasteiger partial charge in [-0.2, -0.15) is 5.10 Å². The van der Waals surface area contributed by atoms with Gasteiger partial charge in [-0.25, -0.2) is 0 Å². The molecule has 1 N–H and O–H groups in total. The first-order chi connectivity index (χ1) is 11.5. The standard InChI is InChI=1S/C16H17Cl2N3O3/c1-9(20-21-15-11(17)7-19-8-12(15)18)10-5-13(22-2)16(24-4)14(6-10)23-3/h5-8H,1-4H3,(H,19,21). The Kier molecular flexibility index (Phi) is 6.11. The van der Waals surface area contributed by atoms with Crippen LogP contribution >= 0.6 is 23.2 Å². The van der Waals surface area contributed by atoms with Crippen LogP contribution in [0.15, 0.2) is 29.6 Å². The maximum Gasteiger partial charge on any atom is 0.203 e. The summed E-state index contributed by atoms with van der Waals surface area (Å²) in [7, 11) is 4.67. The molecule has 0 aliphatic carbocycles. The Morgan fingerprint density at radius 2 is 1.54 bits per heavy atom. The minimum absolute atomic E-state index is 0.379. The summed E-state index contributed by atoms with van der Waals surface area (Å²) in [6.07, 6.45) is 2.97. The molecule has 8 heteroatoms. The number of nitrogens with zero attached hydrogens (tertiary/aromatic N) is 2. The van der Waals surface area contributed by atoms with Gasteiger partial charge in [-0.15, -0.1) is 0 Å². The lowest BCUT2D eigenvalue weighted by atomic mass is 10.1. The molecule has 0 atom stereocenters. The summed E-state index contributed by atoms with van der Waals surface area (Å²) < 4.78 is 16.0. The van der Waals surface area contributed by atoms with Crippen LogP contribution in [0.4, 0.5) is 5.69 Å². The van der Waals surface area contributed by atoms with Crippen LogP contribution in [-0.4, -0.2) is 32.0 Å². The van der Waals surface area contributed by atoms with E-state index in [-0.39, 0.29) is 0 Å². The first-order valence-corrected chi connectivity index (χ1v) is 7.67. The van der Waals surface area contributed by atoms with Crippen molar-refractivity contribution < 1.29 is 14.2 Å². The van der Waals surface area contributed by atoms with Crippen LogP contribution in [0.5, 0.6) is 17.2 Å². The third kappa shape index (κ3) is 3.83. The number of aromatic nitrogens is 1. The van der Waals surface area contributed by atoms with Crippen molar-refractivity contribution >= 4 is 34.6 Å². The van der Waals surface area contributed by atoms with E-state index < -0.39 is 0 Å². The normalized spacial score (nSPS) is 11.2. The molecule has 0 amide bonds. The number of nitrogens with one attached hydrogen (secondary N) is 1. The smallest absolute Gasteiger partial charge is 0.203 e. The first kappa shape index (κ1) is 18.2. The van der Waals surface area contributed by atoms with Crippen molar-refractivity contribution in [3.63, 3.8) is 0 Å². The van der Waals surface area contributed by atoms with E-state index in [1.54, 1.807) is 33.5 Å². The molecular weight excluding hydrogens is 353 g/mol. The highest BCUT2D eigenvalue weighted by molar-refractivity contribution is 6.38. The van der Waals surface area contributed by atoms with Gasteiger partial charge in [-0.3, -0.25) is 10.4 Å². The highest BCUT2D eigenvalue weighted by atomic mass is 35.5. The van der Waals surface area contributed by atoms with Gasteiger partial charge >= 0.3 is 0 Å². The average Bonchev–Trinajstić information content (AvgIpc) is 2.59. The molecule has 128 valence electrons. The summed E-state index contributed by atoms with van der Waals surface area (Å²) in [4.78, 5) is 3.89. The molecule has 0 unspecified atom stereocenters. The topological polar surface area (TPSA) is 65.0 Å². The van der Waals surface area contributed by atoms with Gasteiger partial charge in [0.2, 0.25) is 5.75 Å². The lowest BCUT2D eigenvalue weighted by molar-refractivity contribution is 0.324. The van der Waals surface area contributed by atoms with Crippen LogP contribution in [0.25, 0.3) is 0 Å². The zero-order chi connectivity index (χ0) is 17.7. The van der Waals surface area contributed by atoms with Crippen LogP contribution in [0.1, 0.15) is 12.5 Å². The van der Waals surface area contributed by atoms with Crippen LogP contribution in [0, 0.1) is 0 Å². The number of ether oxygens (including phenoxy) is 3. The van der Waals surface area contributed by atoms with Gasteiger partial charge in [0.25, 0.3) is 0 Å². The van der Waals surface area contributed by atoms with E-state index in [1.807, 2.05) is 6.92 Å². The summed E-state index contributed by atoms with van der Waals surface area (Å²) in [5.41, 5.74) is 4.81. The Hall–Kier alpha value is -2.18. The highest BCUT2D eigenvalue weighted by Crippen LogP contribution is 2.38. The fourth-order valence-corrected chi connectivity index (χ4v) is 2.46. The van der Waals surface area contributed by atoms with Gasteiger partial charge in [0.15, 0.2) is 11.5 Å². The van der Waals surface area contributed by atoms with Crippen molar-refractivity contribution in [3.05, 3.63) is 40.1 Å². The number of benzene rings is 1. The molecule has 0 aliphatic rings. The predicted octanol–water partition coefficient (Wildman–Crippen LogP) is 4.25. The van der Waals surface area contributed by atoms with Crippen LogP contribution in [0.2, 0.25) is 10.0 Å². The lowest BCUT2D eigenvalue weighted by Gasteiger charge is -2.14. The Morgan fingerprint density at radius 3 is 2.00 bits per heavy atom. The van der Waals surface area contributed by atoms with Gasteiger partial charge in [0.05, 0.1) is 42.8 Å². The highest BCUT2D eigenvalue weighted by Gasteiger charge is 2.14. The monoisotopic (exact) mass is 369 g/mol. The summed E-state index contributed by atoms with van der Waals surface area (Å²) in [5, 5.41) is 5.07. The molecule has 1 heterocycles. The summed E-state index contributed by atoms with van der Waals surface area (Å²) in [6, 6.07) is 3.61. The molecule has 2 rings (SSSR count). The van der Waals surface area contributed by atoms with E-state index in [4.69, 9.17) is 37.4 Å². The van der Waals surface area contributed by atoms with Crippen LogP contribution in [0.3, 0.4) is 0 Å². The largest absolute Gasteiger partial charge is 0.493 e. The maximum absolute atomic E-state index is 6.06. The zero-order valence-corrected chi connectivity index (χ0v) is 15.2. The minimum atomic E-state index is 0.379. The number of hydrazone groups is 1. The number of halogens is 2. The molecule has 6 nitrogen and oxygen atoms in total. The Morgan fingerprint density at radius 1 is 1.00 bits per heavy atom. The second kappa shape index (κ2) is 8.08. The number of hydrogen-bond donors (Lipinski definition) is 1. The molecule has 24 heavy (non-hydrogen) atoms. The van der Waals surface area contributed by atoms with Gasteiger partial charge in [-0.1, -0.05) is 23.2 Å². The number of hydrogen-bond acceptors (Lipinski definition) is 6. The zero-order valence-electron chi connectivity index (χ0n) is 13.7. The minimum Gasteiger partial charge on any atom is -0.493 e. The van der Waals surface area contributed by atoms with E-state index in [1.165, 1.54) is 12.4 Å². The van der Waals surface area contributed by atoms with Crippen molar-refractivity contribution in [2.24, 2.45) is 5.10 Å². The van der Waals surface area contributed by atoms with Crippen LogP contribution in [-0.2, 0) is 0 Å². The SMILES string of the molecule is COc1cc(C(C)=NNc2c(Cl)cncc2Cl)cc(OC)c1OC. The van der Waals surface area contributed by atoms with E-state index in [0.29, 0.717) is 38.7 Å². The van der Waals surface area contributed by atoms with Gasteiger partial charge in [0, 0.05) is 18.0 Å². The molecule has 0 saturated heterocycles. The summed E-state index contributed by atoms with van der Waals surface area (Å²) >= 11 is 12.1. The lowest BCUT2D eigenvalue weighted by Crippen LogP contribution is -2.03. The molecule has 0 radical (unpaired) electrons. The summed E-state index contributed by atoms with van der Waals surface area (Å²) in [6.45, 7) is 1.83. The third-order valence-corrected chi connectivity index (χ3v) is 3.84. The van der Waals surface area contributed by atoms with Crippen molar-refractivity contribution in [2.75, 3.05) is 26.8 Å². The molecule has 0 aliphatic heterocycles. The van der Waals surface area contributed by atoms with Crippen molar-refractivity contribution in [1.82, 2.24) is 4.98 Å². The molecule has 0 spiro atoms. The molecule has 1 aromatic carbocycles. The molecule has 0 saturated carbocycles. The molecular formula is C16H17Cl2N3O3. The molecule has 0 fully saturated rings. The number of methoxy groups -OCH3 is 3. The van der Waals surface area contributed by atoms with Crippen molar-refractivity contribution in [1.29, 1.82) is 0 Å². The Bertz CT molecular complexity index is 721. The van der Waals surface area contributed by atoms with E-state index in [2.05, 4.69) is 15.5 Å². The van der Waals surface area contributed by atoms with Gasteiger partial charge in [-0.05, 0) is 19.1 Å². The quantitative estimate of drug-likeness (QED) is 0.608. The second-order valence-corrected chi connectivity index (χ2v) is 5.52. The predicted molar refractivity (Wildman–Crippen MR) is 96.2 cm³/mol. The fraction of sp³-hybridized carbons (Fsp3) is 0.250. The van der Waals surface area contributed by atoms with Crippen LogP contribution < -0.4 is 19.6 Å².